The average Bonchev–Trinajstić information content (AvgIpc) is 2.38. The summed E-state index contributed by atoms with van der Waals surface area (Å²) in [7, 11) is 2.06. The minimum atomic E-state index is -0.792. The normalized spacial score (nSPS) is 22.4. The molecule has 20 heavy (non-hydrogen) atoms. The van der Waals surface area contributed by atoms with E-state index in [-0.39, 0.29) is 6.54 Å². The fraction of sp³-hybridized carbons (Fsp3) is 0.714. The van der Waals surface area contributed by atoms with Crippen LogP contribution in [0.2, 0.25) is 0 Å². The molecule has 0 spiro atoms. The number of likely N-dealkylation sites (N-methyl/N-ethyl adjacent to an activating group) is 1. The highest BCUT2D eigenvalue weighted by molar-refractivity contribution is 5.70. The molecule has 0 aliphatic carbocycles. The zero-order valence-corrected chi connectivity index (χ0v) is 12.5. The first-order chi connectivity index (χ1) is 9.61. The lowest BCUT2D eigenvalue weighted by Crippen LogP contribution is -2.40. The van der Waals surface area contributed by atoms with Gasteiger partial charge in [-0.1, -0.05) is 13.0 Å². The highest BCUT2D eigenvalue weighted by Crippen LogP contribution is 1.98. The minimum Gasteiger partial charge on any atom is -0.480 e. The van der Waals surface area contributed by atoms with E-state index in [0.29, 0.717) is 6.54 Å². The van der Waals surface area contributed by atoms with E-state index < -0.39 is 5.97 Å². The van der Waals surface area contributed by atoms with Crippen LogP contribution < -0.4 is 5.32 Å². The Bertz CT molecular complexity index is 355. The molecule has 1 rings (SSSR count). The molecular weight excluding hydrogens is 256 g/mol. The van der Waals surface area contributed by atoms with E-state index in [2.05, 4.69) is 35.3 Å². The van der Waals surface area contributed by atoms with Gasteiger partial charge in [-0.15, -0.1) is 0 Å². The molecule has 0 aromatic heterocycles. The van der Waals surface area contributed by atoms with E-state index in [1.807, 2.05) is 11.1 Å². The zero-order chi connectivity index (χ0) is 14.8. The molecule has 1 heterocycles. The topological polar surface area (TPSA) is 68.2 Å². The summed E-state index contributed by atoms with van der Waals surface area (Å²) in [5.41, 5.74) is 1.02. The number of aliphatic carboxylic acids is 1. The van der Waals surface area contributed by atoms with Crippen LogP contribution in [-0.4, -0.2) is 80.0 Å². The van der Waals surface area contributed by atoms with E-state index in [9.17, 15) is 4.79 Å². The monoisotopic (exact) mass is 282 g/mol. The Balaban J connectivity index is 2.68. The number of allylic oxidation sites excluding steroid dienone is 1. The van der Waals surface area contributed by atoms with E-state index in [4.69, 9.17) is 5.11 Å². The SMILES string of the molecule is CC/C=C1/CNCCN(C)CCN(CC(=O)O)CC=N1. The van der Waals surface area contributed by atoms with Gasteiger partial charge < -0.3 is 15.3 Å². The lowest BCUT2D eigenvalue weighted by molar-refractivity contribution is -0.138. The standard InChI is InChI=1S/C14H26N4O2/c1-3-4-13-11-15-5-7-17(2)9-10-18(8-6-16-13)12-14(19)20/h4,6,15H,3,5,7-12H2,1-2H3,(H,19,20)/b13-4-,16-6?. The van der Waals surface area contributed by atoms with Crippen molar-refractivity contribution < 1.29 is 9.90 Å². The van der Waals surface area contributed by atoms with E-state index in [0.717, 1.165) is 44.8 Å². The summed E-state index contributed by atoms with van der Waals surface area (Å²) in [6, 6.07) is 0. The van der Waals surface area contributed by atoms with Crippen molar-refractivity contribution in [3.05, 3.63) is 11.8 Å². The van der Waals surface area contributed by atoms with Crippen molar-refractivity contribution in [2.75, 3.05) is 52.9 Å². The molecule has 1 aliphatic rings. The van der Waals surface area contributed by atoms with Crippen LogP contribution in [0.25, 0.3) is 0 Å². The molecule has 6 nitrogen and oxygen atoms in total. The Morgan fingerprint density at radius 1 is 1.50 bits per heavy atom. The average molecular weight is 282 g/mol. The maximum atomic E-state index is 10.9. The van der Waals surface area contributed by atoms with Gasteiger partial charge in [-0.05, 0) is 13.5 Å². The first kappa shape index (κ1) is 16.8. The molecule has 0 fully saturated rings. The van der Waals surface area contributed by atoms with Gasteiger partial charge in [0, 0.05) is 51.2 Å². The third-order valence-corrected chi connectivity index (χ3v) is 3.17. The molecule has 6 heteroatoms. The Kier molecular flexibility index (Phi) is 8.10. The van der Waals surface area contributed by atoms with Gasteiger partial charge >= 0.3 is 5.97 Å². The third kappa shape index (κ3) is 7.37. The summed E-state index contributed by atoms with van der Waals surface area (Å²) in [4.78, 5) is 19.4. The third-order valence-electron chi connectivity index (χ3n) is 3.17. The van der Waals surface area contributed by atoms with Gasteiger partial charge in [0.15, 0.2) is 0 Å². The Labute approximate surface area is 121 Å². The summed E-state index contributed by atoms with van der Waals surface area (Å²) in [6.45, 7) is 6.94. The van der Waals surface area contributed by atoms with Crippen LogP contribution in [-0.2, 0) is 4.79 Å². The van der Waals surface area contributed by atoms with Gasteiger partial charge in [-0.2, -0.15) is 0 Å². The van der Waals surface area contributed by atoms with Gasteiger partial charge in [-0.3, -0.25) is 14.7 Å². The Hall–Kier alpha value is -1.24. The number of nitrogens with zero attached hydrogens (tertiary/aromatic N) is 3. The fourth-order valence-electron chi connectivity index (χ4n) is 2.02. The molecule has 0 radical (unpaired) electrons. The zero-order valence-electron chi connectivity index (χ0n) is 12.5. The number of carboxylic acids is 1. The first-order valence-corrected chi connectivity index (χ1v) is 7.16. The Morgan fingerprint density at radius 3 is 3.00 bits per heavy atom. The van der Waals surface area contributed by atoms with Gasteiger partial charge in [0.2, 0.25) is 0 Å². The van der Waals surface area contributed by atoms with E-state index >= 15 is 0 Å². The number of nitrogens with one attached hydrogen (secondary N) is 1. The minimum absolute atomic E-state index is 0.0605. The second-order valence-electron chi connectivity index (χ2n) is 5.02. The molecule has 0 saturated heterocycles. The molecule has 114 valence electrons. The molecule has 1 aliphatic heterocycles. The van der Waals surface area contributed by atoms with Gasteiger partial charge in [0.1, 0.15) is 0 Å². The second kappa shape index (κ2) is 9.63. The van der Waals surface area contributed by atoms with Crippen molar-refractivity contribution in [2.24, 2.45) is 4.99 Å². The maximum absolute atomic E-state index is 10.9. The number of aliphatic imine (C=N–C) groups is 1. The summed E-state index contributed by atoms with van der Waals surface area (Å²) < 4.78 is 0. The predicted molar refractivity (Wildman–Crippen MR) is 81.3 cm³/mol. The molecular formula is C14H26N4O2. The van der Waals surface area contributed by atoms with E-state index in [1.165, 1.54) is 0 Å². The van der Waals surface area contributed by atoms with Gasteiger partial charge in [0.05, 0.1) is 6.54 Å². The lowest BCUT2D eigenvalue weighted by atomic mass is 10.3. The van der Waals surface area contributed by atoms with Crippen LogP contribution in [0.5, 0.6) is 0 Å². The number of hydrogen-bond donors (Lipinski definition) is 2. The van der Waals surface area contributed by atoms with Crippen molar-refractivity contribution in [3.8, 4) is 0 Å². The van der Waals surface area contributed by atoms with Crippen LogP contribution >= 0.6 is 0 Å². The Morgan fingerprint density at radius 2 is 2.30 bits per heavy atom. The summed E-state index contributed by atoms with van der Waals surface area (Å²) >= 11 is 0. The predicted octanol–water partition coefficient (Wildman–Crippen LogP) is 0.273. The number of hydrogen-bond acceptors (Lipinski definition) is 5. The molecule has 0 atom stereocenters. The van der Waals surface area contributed by atoms with Crippen molar-refractivity contribution in [2.45, 2.75) is 13.3 Å². The molecule has 0 unspecified atom stereocenters. The van der Waals surface area contributed by atoms with Crippen molar-refractivity contribution in [3.63, 3.8) is 0 Å². The maximum Gasteiger partial charge on any atom is 0.317 e. The van der Waals surface area contributed by atoms with Crippen molar-refractivity contribution in [1.82, 2.24) is 15.1 Å². The molecule has 0 saturated carbocycles. The van der Waals surface area contributed by atoms with Crippen molar-refractivity contribution in [1.29, 1.82) is 0 Å². The summed E-state index contributed by atoms with van der Waals surface area (Å²) in [5, 5.41) is 12.3. The van der Waals surface area contributed by atoms with Crippen LogP contribution in [0, 0.1) is 0 Å². The molecule has 2 N–H and O–H groups in total. The molecule has 0 bridgehead atoms. The largest absolute Gasteiger partial charge is 0.480 e. The molecule has 0 aromatic rings. The number of rotatable bonds is 3. The molecule has 0 amide bonds. The van der Waals surface area contributed by atoms with E-state index in [1.54, 1.807) is 0 Å². The van der Waals surface area contributed by atoms with Crippen LogP contribution in [0.3, 0.4) is 0 Å². The van der Waals surface area contributed by atoms with Crippen LogP contribution in [0.4, 0.5) is 0 Å². The second-order valence-corrected chi connectivity index (χ2v) is 5.02. The number of carboxylic acid groups (broad SMARTS) is 1. The highest BCUT2D eigenvalue weighted by Gasteiger charge is 2.10. The number of carbonyl (C=O) groups is 1. The van der Waals surface area contributed by atoms with Crippen molar-refractivity contribution >= 4 is 12.2 Å². The van der Waals surface area contributed by atoms with Gasteiger partial charge in [-0.25, -0.2) is 0 Å². The molecule has 0 aromatic carbocycles. The lowest BCUT2D eigenvalue weighted by Gasteiger charge is -2.23. The van der Waals surface area contributed by atoms with Crippen LogP contribution in [0.15, 0.2) is 16.8 Å². The smallest absolute Gasteiger partial charge is 0.317 e. The van der Waals surface area contributed by atoms with Gasteiger partial charge in [0.25, 0.3) is 0 Å². The quantitative estimate of drug-likeness (QED) is 0.778. The van der Waals surface area contributed by atoms with Crippen LogP contribution in [0.1, 0.15) is 13.3 Å². The summed E-state index contributed by atoms with van der Waals surface area (Å²) in [6.07, 6.45) is 4.86. The first-order valence-electron chi connectivity index (χ1n) is 7.16. The fourth-order valence-corrected chi connectivity index (χ4v) is 2.02. The highest BCUT2D eigenvalue weighted by atomic mass is 16.4. The summed E-state index contributed by atoms with van der Waals surface area (Å²) in [5.74, 6) is -0.792.